The predicted molar refractivity (Wildman–Crippen MR) is 125 cm³/mol. The fourth-order valence-corrected chi connectivity index (χ4v) is 4.10. The molecule has 5 heteroatoms. The molecule has 0 fully saturated rings. The van der Waals surface area contributed by atoms with E-state index in [1.165, 1.54) is 10.3 Å². The molecule has 0 amide bonds. The summed E-state index contributed by atoms with van der Waals surface area (Å²) in [5.41, 5.74) is 6.24. The molecule has 0 bridgehead atoms. The van der Waals surface area contributed by atoms with Crippen LogP contribution in [0.1, 0.15) is 0 Å². The van der Waals surface area contributed by atoms with Crippen LogP contribution in [0.5, 0.6) is 5.75 Å². The number of aromatic amines is 2. The minimum absolute atomic E-state index is 0.829. The van der Waals surface area contributed by atoms with E-state index in [-0.39, 0.29) is 0 Å². The van der Waals surface area contributed by atoms with Crippen molar-refractivity contribution in [2.75, 3.05) is 13.4 Å². The minimum atomic E-state index is 0.829. The molecule has 148 valence electrons. The van der Waals surface area contributed by atoms with E-state index < -0.39 is 0 Å². The van der Waals surface area contributed by atoms with Crippen LogP contribution in [0.25, 0.3) is 44.8 Å². The van der Waals surface area contributed by atoms with Crippen molar-refractivity contribution in [3.05, 3.63) is 79.0 Å². The maximum atomic E-state index is 5.33. The second-order valence-electron chi connectivity index (χ2n) is 7.01. The molecule has 4 nitrogen and oxygen atoms in total. The van der Waals surface area contributed by atoms with Gasteiger partial charge >= 0.3 is 0 Å². The molecule has 0 saturated carbocycles. The Bertz CT molecular complexity index is 1300. The van der Waals surface area contributed by atoms with Gasteiger partial charge < -0.3 is 14.7 Å². The summed E-state index contributed by atoms with van der Waals surface area (Å²) in [5, 5.41) is 1.17. The third-order valence-corrected chi connectivity index (χ3v) is 6.03. The second kappa shape index (κ2) is 7.76. The third-order valence-electron chi connectivity index (χ3n) is 5.29. The number of methoxy groups -OCH3 is 1. The summed E-state index contributed by atoms with van der Waals surface area (Å²) in [4.78, 5) is 13.2. The van der Waals surface area contributed by atoms with E-state index in [0.29, 0.717) is 0 Å². The van der Waals surface area contributed by atoms with Crippen LogP contribution in [0, 0.1) is 0 Å². The molecule has 2 heterocycles. The number of benzene rings is 3. The number of thioether (sulfide) groups is 1. The third kappa shape index (κ3) is 3.27. The summed E-state index contributed by atoms with van der Waals surface area (Å²) in [7, 11) is 1.68. The van der Waals surface area contributed by atoms with Gasteiger partial charge in [-0.2, -0.15) is 0 Å². The zero-order chi connectivity index (χ0) is 20.5. The average Bonchev–Trinajstić information content (AvgIpc) is 3.43. The first-order valence-electron chi connectivity index (χ1n) is 9.72. The summed E-state index contributed by atoms with van der Waals surface area (Å²) in [6.45, 7) is 0. The number of hydrogen-bond acceptors (Lipinski definition) is 3. The largest absolute Gasteiger partial charge is 0.497 e. The number of nitrogens with zero attached hydrogens (tertiary/aromatic N) is 1. The van der Waals surface area contributed by atoms with Gasteiger partial charge in [0, 0.05) is 38.7 Å². The van der Waals surface area contributed by atoms with Crippen molar-refractivity contribution in [1.82, 2.24) is 15.0 Å². The second-order valence-corrected chi connectivity index (χ2v) is 7.89. The van der Waals surface area contributed by atoms with Gasteiger partial charge in [-0.25, -0.2) is 4.98 Å². The SMILES string of the molecule is COc1ccc(-c2nc(-c3ccc(SC)cc3)[nH]c2-c2c[nH]c3ccccc23)cc1. The first kappa shape index (κ1) is 18.6. The highest BCUT2D eigenvalue weighted by Crippen LogP contribution is 2.37. The quantitative estimate of drug-likeness (QED) is 0.319. The number of hydrogen-bond donors (Lipinski definition) is 2. The van der Waals surface area contributed by atoms with Gasteiger partial charge in [-0.05, 0) is 48.7 Å². The first-order valence-corrected chi connectivity index (χ1v) is 10.9. The van der Waals surface area contributed by atoms with E-state index in [1.54, 1.807) is 18.9 Å². The van der Waals surface area contributed by atoms with Gasteiger partial charge in [-0.15, -0.1) is 11.8 Å². The fraction of sp³-hybridized carbons (Fsp3) is 0.0800. The van der Waals surface area contributed by atoms with Crippen molar-refractivity contribution in [3.63, 3.8) is 0 Å². The number of para-hydroxylation sites is 1. The van der Waals surface area contributed by atoms with Crippen molar-refractivity contribution in [2.45, 2.75) is 4.90 Å². The Labute approximate surface area is 179 Å². The van der Waals surface area contributed by atoms with Crippen molar-refractivity contribution in [3.8, 4) is 39.7 Å². The standard InChI is InChI=1S/C25H21N3OS/c1-29-18-11-7-16(8-12-18)23-24(21-15-26-22-6-4-3-5-20(21)22)28-25(27-23)17-9-13-19(30-2)14-10-17/h3-15,26H,1-2H3,(H,27,28). The van der Waals surface area contributed by atoms with Crippen LogP contribution in [-0.2, 0) is 0 Å². The number of ether oxygens (including phenoxy) is 1. The lowest BCUT2D eigenvalue weighted by atomic mass is 10.0. The van der Waals surface area contributed by atoms with Crippen LogP contribution in [-0.4, -0.2) is 28.3 Å². The molecule has 0 aliphatic carbocycles. The fourth-order valence-electron chi connectivity index (χ4n) is 3.69. The van der Waals surface area contributed by atoms with Gasteiger partial charge in [-0.1, -0.05) is 30.3 Å². The van der Waals surface area contributed by atoms with E-state index in [1.807, 2.05) is 36.5 Å². The summed E-state index contributed by atoms with van der Waals surface area (Å²) in [5.74, 6) is 1.68. The van der Waals surface area contributed by atoms with Crippen molar-refractivity contribution in [2.24, 2.45) is 0 Å². The van der Waals surface area contributed by atoms with Crippen molar-refractivity contribution in [1.29, 1.82) is 0 Å². The van der Waals surface area contributed by atoms with Crippen molar-refractivity contribution < 1.29 is 4.74 Å². The van der Waals surface area contributed by atoms with E-state index >= 15 is 0 Å². The van der Waals surface area contributed by atoms with Crippen LogP contribution in [0.3, 0.4) is 0 Å². The topological polar surface area (TPSA) is 53.7 Å². The average molecular weight is 412 g/mol. The molecule has 0 radical (unpaired) electrons. The molecule has 5 rings (SSSR count). The highest BCUT2D eigenvalue weighted by atomic mass is 32.2. The Morgan fingerprint density at radius 1 is 0.867 bits per heavy atom. The smallest absolute Gasteiger partial charge is 0.138 e. The molecule has 5 aromatic rings. The van der Waals surface area contributed by atoms with Crippen molar-refractivity contribution >= 4 is 22.7 Å². The Morgan fingerprint density at radius 2 is 1.60 bits per heavy atom. The molecule has 3 aromatic carbocycles. The van der Waals surface area contributed by atoms with Gasteiger partial charge in [-0.3, -0.25) is 0 Å². The summed E-state index contributed by atoms with van der Waals surface area (Å²) >= 11 is 1.73. The van der Waals surface area contributed by atoms with Crippen LogP contribution >= 0.6 is 11.8 Å². The van der Waals surface area contributed by atoms with E-state index in [4.69, 9.17) is 9.72 Å². The van der Waals surface area contributed by atoms with Gasteiger partial charge in [0.05, 0.1) is 18.5 Å². The highest BCUT2D eigenvalue weighted by molar-refractivity contribution is 7.98. The molecule has 0 aliphatic heterocycles. The molecule has 30 heavy (non-hydrogen) atoms. The molecule has 2 N–H and O–H groups in total. The van der Waals surface area contributed by atoms with Crippen LogP contribution < -0.4 is 4.74 Å². The number of nitrogens with one attached hydrogen (secondary N) is 2. The Balaban J connectivity index is 1.69. The Kier molecular flexibility index (Phi) is 4.81. The van der Waals surface area contributed by atoms with E-state index in [0.717, 1.165) is 45.2 Å². The molecule has 2 aromatic heterocycles. The van der Waals surface area contributed by atoms with Gasteiger partial charge in [0.1, 0.15) is 11.6 Å². The zero-order valence-corrected chi connectivity index (χ0v) is 17.6. The van der Waals surface area contributed by atoms with Gasteiger partial charge in [0.25, 0.3) is 0 Å². The lowest BCUT2D eigenvalue weighted by molar-refractivity contribution is 0.415. The van der Waals surface area contributed by atoms with Gasteiger partial charge in [0.2, 0.25) is 0 Å². The monoisotopic (exact) mass is 411 g/mol. The summed E-state index contributed by atoms with van der Waals surface area (Å²) < 4.78 is 5.33. The normalized spacial score (nSPS) is 11.1. The Hall–Kier alpha value is -3.44. The molecule has 0 spiro atoms. The predicted octanol–water partition coefficient (Wildman–Crippen LogP) is 6.62. The first-order chi connectivity index (χ1) is 14.8. The molecule has 0 unspecified atom stereocenters. The van der Waals surface area contributed by atoms with Gasteiger partial charge in [0.15, 0.2) is 0 Å². The lowest BCUT2D eigenvalue weighted by Gasteiger charge is -2.04. The minimum Gasteiger partial charge on any atom is -0.497 e. The zero-order valence-electron chi connectivity index (χ0n) is 16.8. The summed E-state index contributed by atoms with van der Waals surface area (Å²) in [6, 6.07) is 24.8. The van der Waals surface area contributed by atoms with Crippen LogP contribution in [0.2, 0.25) is 0 Å². The molecular formula is C25H21N3OS. The molecular weight excluding hydrogens is 390 g/mol. The number of rotatable bonds is 5. The van der Waals surface area contributed by atoms with E-state index in [9.17, 15) is 0 Å². The molecule has 0 atom stereocenters. The number of imidazole rings is 1. The molecule has 0 aliphatic rings. The highest BCUT2D eigenvalue weighted by Gasteiger charge is 2.18. The maximum absolute atomic E-state index is 5.33. The number of H-pyrrole nitrogens is 2. The van der Waals surface area contributed by atoms with E-state index in [2.05, 4.69) is 58.7 Å². The van der Waals surface area contributed by atoms with Crippen LogP contribution in [0.15, 0.2) is 83.9 Å². The maximum Gasteiger partial charge on any atom is 0.138 e. The van der Waals surface area contributed by atoms with Crippen LogP contribution in [0.4, 0.5) is 0 Å². The Morgan fingerprint density at radius 3 is 2.33 bits per heavy atom. The molecule has 0 saturated heterocycles. The summed E-state index contributed by atoms with van der Waals surface area (Å²) in [6.07, 6.45) is 4.13. The lowest BCUT2D eigenvalue weighted by Crippen LogP contribution is -1.85. The number of aromatic nitrogens is 3. The number of fused-ring (bicyclic) bond motifs is 1.